The van der Waals surface area contributed by atoms with Crippen molar-refractivity contribution in [1.29, 1.82) is 0 Å². The summed E-state index contributed by atoms with van der Waals surface area (Å²) in [7, 11) is 1.95. The van der Waals surface area contributed by atoms with Gasteiger partial charge in [-0.15, -0.1) is 0 Å². The van der Waals surface area contributed by atoms with Gasteiger partial charge >= 0.3 is 0 Å². The molecule has 0 amide bonds. The van der Waals surface area contributed by atoms with Gasteiger partial charge in [0, 0.05) is 6.54 Å². The Kier molecular flexibility index (Phi) is 5.19. The monoisotopic (exact) mass is 269 g/mol. The van der Waals surface area contributed by atoms with Gasteiger partial charge in [0.25, 0.3) is 0 Å². The Labute approximate surface area is 121 Å². The lowest BCUT2D eigenvalue weighted by Gasteiger charge is -2.10. The van der Waals surface area contributed by atoms with Crippen LogP contribution >= 0.6 is 0 Å². The van der Waals surface area contributed by atoms with Gasteiger partial charge in [0.15, 0.2) is 0 Å². The number of hydrogen-bond acceptors (Lipinski definition) is 2. The minimum absolute atomic E-state index is 0.572. The van der Waals surface area contributed by atoms with E-state index in [0.29, 0.717) is 12.5 Å². The zero-order valence-electron chi connectivity index (χ0n) is 12.5. The van der Waals surface area contributed by atoms with Crippen molar-refractivity contribution >= 4 is 0 Å². The molecule has 0 heterocycles. The van der Waals surface area contributed by atoms with Crippen LogP contribution in [0.4, 0.5) is 0 Å². The summed E-state index contributed by atoms with van der Waals surface area (Å²) in [6.45, 7) is 5.89. The number of hydrogen-bond donors (Lipinski definition) is 1. The Hall–Kier alpha value is -1.80. The second-order valence-corrected chi connectivity index (χ2v) is 5.36. The highest BCUT2D eigenvalue weighted by molar-refractivity contribution is 5.29. The smallest absolute Gasteiger partial charge is 0.120 e. The first-order valence-corrected chi connectivity index (χ1v) is 7.14. The first-order chi connectivity index (χ1) is 9.69. The van der Waals surface area contributed by atoms with E-state index in [9.17, 15) is 0 Å². The molecule has 0 aliphatic carbocycles. The van der Waals surface area contributed by atoms with Crippen molar-refractivity contribution in [2.24, 2.45) is 0 Å². The molecule has 20 heavy (non-hydrogen) atoms. The molecule has 0 bridgehead atoms. The minimum atomic E-state index is 0.572. The van der Waals surface area contributed by atoms with E-state index < -0.39 is 0 Å². The van der Waals surface area contributed by atoms with Crippen molar-refractivity contribution in [2.45, 2.75) is 32.9 Å². The Morgan fingerprint density at radius 2 is 1.75 bits per heavy atom. The lowest BCUT2D eigenvalue weighted by Crippen LogP contribution is -2.05. The Morgan fingerprint density at radius 1 is 1.00 bits per heavy atom. The summed E-state index contributed by atoms with van der Waals surface area (Å²) in [5, 5.41) is 3.15. The molecule has 2 rings (SSSR count). The number of ether oxygens (including phenoxy) is 1. The minimum Gasteiger partial charge on any atom is -0.489 e. The molecule has 0 aliphatic heterocycles. The molecular weight excluding hydrogens is 246 g/mol. The predicted molar refractivity (Wildman–Crippen MR) is 84.1 cm³/mol. The highest BCUT2D eigenvalue weighted by Gasteiger charge is 2.00. The summed E-state index contributed by atoms with van der Waals surface area (Å²) < 4.78 is 5.85. The molecule has 0 saturated carbocycles. The van der Waals surface area contributed by atoms with Crippen molar-refractivity contribution < 1.29 is 4.74 Å². The van der Waals surface area contributed by atoms with E-state index in [4.69, 9.17) is 4.74 Å². The summed E-state index contributed by atoms with van der Waals surface area (Å²) in [6.07, 6.45) is 0. The number of nitrogens with one attached hydrogen (secondary N) is 1. The maximum absolute atomic E-state index is 5.85. The second-order valence-electron chi connectivity index (χ2n) is 5.36. The van der Waals surface area contributed by atoms with Crippen molar-refractivity contribution in [1.82, 2.24) is 5.32 Å². The lowest BCUT2D eigenvalue weighted by atomic mass is 10.0. The first-order valence-electron chi connectivity index (χ1n) is 7.14. The van der Waals surface area contributed by atoms with Crippen LogP contribution in [0.5, 0.6) is 5.75 Å². The largest absolute Gasteiger partial charge is 0.489 e. The highest BCUT2D eigenvalue weighted by Crippen LogP contribution is 2.17. The SMILES string of the molecule is CNCc1cccc(OCc2ccc(C(C)C)cc2)c1. The van der Waals surface area contributed by atoms with E-state index in [-0.39, 0.29) is 0 Å². The average molecular weight is 269 g/mol. The molecule has 2 aromatic rings. The van der Waals surface area contributed by atoms with Gasteiger partial charge in [0.2, 0.25) is 0 Å². The maximum Gasteiger partial charge on any atom is 0.120 e. The van der Waals surface area contributed by atoms with Crippen molar-refractivity contribution in [2.75, 3.05) is 7.05 Å². The van der Waals surface area contributed by atoms with Gasteiger partial charge in [-0.2, -0.15) is 0 Å². The molecule has 106 valence electrons. The maximum atomic E-state index is 5.85. The van der Waals surface area contributed by atoms with Gasteiger partial charge in [-0.3, -0.25) is 0 Å². The van der Waals surface area contributed by atoms with Crippen LogP contribution in [0.3, 0.4) is 0 Å². The van der Waals surface area contributed by atoms with Crippen LogP contribution in [-0.2, 0) is 13.2 Å². The normalized spacial score (nSPS) is 10.8. The second kappa shape index (κ2) is 7.11. The van der Waals surface area contributed by atoms with E-state index in [2.05, 4.69) is 55.6 Å². The highest BCUT2D eigenvalue weighted by atomic mass is 16.5. The molecule has 0 aromatic heterocycles. The van der Waals surface area contributed by atoms with Crippen LogP contribution in [0.15, 0.2) is 48.5 Å². The summed E-state index contributed by atoms with van der Waals surface area (Å²) in [5.74, 6) is 1.49. The van der Waals surface area contributed by atoms with E-state index in [1.165, 1.54) is 16.7 Å². The predicted octanol–water partition coefficient (Wildman–Crippen LogP) is 4.11. The third kappa shape index (κ3) is 4.10. The third-order valence-electron chi connectivity index (χ3n) is 3.33. The van der Waals surface area contributed by atoms with Crippen molar-refractivity contribution in [3.8, 4) is 5.75 Å². The molecule has 0 atom stereocenters. The molecule has 0 spiro atoms. The van der Waals surface area contributed by atoms with E-state index >= 15 is 0 Å². The molecule has 0 aliphatic rings. The average Bonchev–Trinajstić information content (AvgIpc) is 2.46. The number of benzene rings is 2. The molecule has 1 N–H and O–H groups in total. The standard InChI is InChI=1S/C18H23NO/c1-14(2)17-9-7-15(8-10-17)13-20-18-6-4-5-16(11-18)12-19-3/h4-11,14,19H,12-13H2,1-3H3. The molecule has 2 nitrogen and oxygen atoms in total. The van der Waals surface area contributed by atoms with E-state index in [1.807, 2.05) is 19.2 Å². The zero-order valence-corrected chi connectivity index (χ0v) is 12.5. The molecule has 0 fully saturated rings. The van der Waals surface area contributed by atoms with Gasteiger partial charge in [-0.25, -0.2) is 0 Å². The quantitative estimate of drug-likeness (QED) is 0.852. The fourth-order valence-electron chi connectivity index (χ4n) is 2.11. The van der Waals surface area contributed by atoms with Crippen LogP contribution in [0, 0.1) is 0 Å². The van der Waals surface area contributed by atoms with Crippen molar-refractivity contribution in [3.63, 3.8) is 0 Å². The fraction of sp³-hybridized carbons (Fsp3) is 0.333. The summed E-state index contributed by atoms with van der Waals surface area (Å²) in [5.41, 5.74) is 3.80. The molecular formula is C18H23NO. The van der Waals surface area contributed by atoms with Crippen LogP contribution < -0.4 is 10.1 Å². The van der Waals surface area contributed by atoms with Crippen LogP contribution in [-0.4, -0.2) is 7.05 Å². The van der Waals surface area contributed by atoms with Gasteiger partial charge in [-0.1, -0.05) is 50.2 Å². The molecule has 0 saturated heterocycles. The summed E-state index contributed by atoms with van der Waals surface area (Å²) in [6, 6.07) is 16.9. The van der Waals surface area contributed by atoms with Gasteiger partial charge < -0.3 is 10.1 Å². The fourth-order valence-corrected chi connectivity index (χ4v) is 2.11. The number of rotatable bonds is 6. The van der Waals surface area contributed by atoms with Gasteiger partial charge in [0.1, 0.15) is 12.4 Å². The third-order valence-corrected chi connectivity index (χ3v) is 3.33. The Bertz CT molecular complexity index is 531. The van der Waals surface area contributed by atoms with Crippen LogP contribution in [0.25, 0.3) is 0 Å². The lowest BCUT2D eigenvalue weighted by molar-refractivity contribution is 0.306. The van der Waals surface area contributed by atoms with Gasteiger partial charge in [0.05, 0.1) is 0 Å². The molecule has 2 aromatic carbocycles. The zero-order chi connectivity index (χ0) is 14.4. The Morgan fingerprint density at radius 3 is 2.40 bits per heavy atom. The topological polar surface area (TPSA) is 21.3 Å². The van der Waals surface area contributed by atoms with E-state index in [1.54, 1.807) is 0 Å². The molecule has 0 unspecified atom stereocenters. The Balaban J connectivity index is 1.96. The molecule has 2 heteroatoms. The van der Waals surface area contributed by atoms with E-state index in [0.717, 1.165) is 12.3 Å². The van der Waals surface area contributed by atoms with Gasteiger partial charge in [-0.05, 0) is 41.8 Å². The molecule has 0 radical (unpaired) electrons. The first kappa shape index (κ1) is 14.6. The van der Waals surface area contributed by atoms with Crippen LogP contribution in [0.1, 0.15) is 36.5 Å². The van der Waals surface area contributed by atoms with Crippen molar-refractivity contribution in [3.05, 3.63) is 65.2 Å². The summed E-state index contributed by atoms with van der Waals surface area (Å²) in [4.78, 5) is 0. The van der Waals surface area contributed by atoms with Crippen LogP contribution in [0.2, 0.25) is 0 Å². The summed E-state index contributed by atoms with van der Waals surface area (Å²) >= 11 is 0.